The monoisotopic (exact) mass is 516 g/mol. The molecule has 4 rings (SSSR count). The molecule has 0 bridgehead atoms. The molecular weight excluding hydrogens is 488 g/mol. The number of pyridine rings is 1. The standard InChI is InChI=1S/C28H28N4O4S/c1-28(2,3)36-27(35)32-24-17-20(37-25-11-6-5-10-22(25)26(34)31(4)18-33)13-14-21(24)23(30-32)15-12-19-9-7-8-16-29-19/h5-17,33H,18H2,1-4H3/b15-12+. The van der Waals surface area contributed by atoms with Gasteiger partial charge in [-0.1, -0.05) is 30.0 Å². The van der Waals surface area contributed by atoms with Crippen molar-refractivity contribution in [2.45, 2.75) is 36.2 Å². The number of fused-ring (bicyclic) bond motifs is 1. The number of benzene rings is 2. The van der Waals surface area contributed by atoms with Crippen LogP contribution in [-0.2, 0) is 4.74 Å². The van der Waals surface area contributed by atoms with Gasteiger partial charge in [0.15, 0.2) is 0 Å². The number of carbonyl (C=O) groups is 2. The minimum atomic E-state index is -0.691. The van der Waals surface area contributed by atoms with Crippen LogP contribution in [0.1, 0.15) is 42.5 Å². The van der Waals surface area contributed by atoms with Crippen molar-refractivity contribution in [2.24, 2.45) is 0 Å². The molecule has 1 N–H and O–H groups in total. The molecule has 0 aliphatic heterocycles. The average Bonchev–Trinajstić information content (AvgIpc) is 3.24. The summed E-state index contributed by atoms with van der Waals surface area (Å²) in [5, 5.41) is 14.7. The van der Waals surface area contributed by atoms with Crippen LogP contribution in [0.2, 0.25) is 0 Å². The van der Waals surface area contributed by atoms with E-state index in [2.05, 4.69) is 10.1 Å². The van der Waals surface area contributed by atoms with Crippen LogP contribution in [0.5, 0.6) is 0 Å². The number of aliphatic hydroxyl groups is 1. The van der Waals surface area contributed by atoms with Gasteiger partial charge in [-0.25, -0.2) is 4.79 Å². The molecule has 0 atom stereocenters. The minimum absolute atomic E-state index is 0.285. The average molecular weight is 517 g/mol. The third-order valence-corrected chi connectivity index (χ3v) is 6.32. The molecule has 0 unspecified atom stereocenters. The Kier molecular flexibility index (Phi) is 7.75. The maximum atomic E-state index is 13.0. The summed E-state index contributed by atoms with van der Waals surface area (Å²) in [4.78, 5) is 32.9. The van der Waals surface area contributed by atoms with Crippen molar-refractivity contribution in [2.75, 3.05) is 13.8 Å². The van der Waals surface area contributed by atoms with Gasteiger partial charge in [-0.2, -0.15) is 9.78 Å². The Morgan fingerprint density at radius 2 is 1.84 bits per heavy atom. The zero-order valence-corrected chi connectivity index (χ0v) is 21.9. The quantitative estimate of drug-likeness (QED) is 0.335. The molecule has 4 aromatic rings. The number of aliphatic hydroxyl groups excluding tert-OH is 1. The highest BCUT2D eigenvalue weighted by molar-refractivity contribution is 7.99. The highest BCUT2D eigenvalue weighted by atomic mass is 32.2. The van der Waals surface area contributed by atoms with Crippen LogP contribution in [0, 0.1) is 0 Å². The highest BCUT2D eigenvalue weighted by Crippen LogP contribution is 2.34. The van der Waals surface area contributed by atoms with Crippen molar-refractivity contribution < 1.29 is 19.4 Å². The van der Waals surface area contributed by atoms with Crippen LogP contribution >= 0.6 is 11.8 Å². The zero-order valence-electron chi connectivity index (χ0n) is 21.1. The summed E-state index contributed by atoms with van der Waals surface area (Å²) < 4.78 is 6.86. The van der Waals surface area contributed by atoms with Gasteiger partial charge in [0, 0.05) is 28.4 Å². The molecule has 190 valence electrons. The fourth-order valence-electron chi connectivity index (χ4n) is 3.52. The molecule has 0 saturated heterocycles. The first-order valence-electron chi connectivity index (χ1n) is 11.6. The number of hydrogen-bond donors (Lipinski definition) is 1. The van der Waals surface area contributed by atoms with Gasteiger partial charge >= 0.3 is 6.09 Å². The molecule has 2 aromatic heterocycles. The second kappa shape index (κ2) is 11.0. The van der Waals surface area contributed by atoms with Crippen molar-refractivity contribution in [1.29, 1.82) is 0 Å². The Bertz CT molecular complexity index is 1460. The summed E-state index contributed by atoms with van der Waals surface area (Å²) in [5.41, 5.74) is 1.73. The fourth-order valence-corrected chi connectivity index (χ4v) is 4.49. The van der Waals surface area contributed by atoms with E-state index in [1.54, 1.807) is 39.1 Å². The van der Waals surface area contributed by atoms with Crippen molar-refractivity contribution in [3.05, 3.63) is 83.8 Å². The maximum Gasteiger partial charge on any atom is 0.435 e. The van der Waals surface area contributed by atoms with Crippen LogP contribution in [0.15, 0.2) is 76.7 Å². The number of carbonyl (C=O) groups excluding carboxylic acids is 2. The van der Waals surface area contributed by atoms with Crippen molar-refractivity contribution in [3.63, 3.8) is 0 Å². The Morgan fingerprint density at radius 1 is 1.08 bits per heavy atom. The molecular formula is C28H28N4O4S. The van der Waals surface area contributed by atoms with E-state index >= 15 is 0 Å². The van der Waals surface area contributed by atoms with E-state index in [0.717, 1.165) is 20.9 Å². The molecule has 9 heteroatoms. The first-order valence-corrected chi connectivity index (χ1v) is 12.5. The van der Waals surface area contributed by atoms with Crippen LogP contribution in [0.4, 0.5) is 4.79 Å². The Hall–Kier alpha value is -3.95. The van der Waals surface area contributed by atoms with Crippen molar-refractivity contribution >= 4 is 46.8 Å². The van der Waals surface area contributed by atoms with Crippen LogP contribution < -0.4 is 0 Å². The van der Waals surface area contributed by atoms with Gasteiger partial charge in [0.25, 0.3) is 5.91 Å². The van der Waals surface area contributed by atoms with Crippen LogP contribution in [0.3, 0.4) is 0 Å². The molecule has 1 amide bonds. The minimum Gasteiger partial charge on any atom is -0.442 e. The Labute approximate surface area is 219 Å². The number of nitrogens with zero attached hydrogens (tertiary/aromatic N) is 4. The van der Waals surface area contributed by atoms with Gasteiger partial charge in [0.2, 0.25) is 0 Å². The summed E-state index contributed by atoms with van der Waals surface area (Å²) in [6, 6.07) is 18.5. The summed E-state index contributed by atoms with van der Waals surface area (Å²) in [6.07, 6.45) is 4.78. The van der Waals surface area contributed by atoms with Crippen molar-refractivity contribution in [3.8, 4) is 0 Å². The lowest BCUT2D eigenvalue weighted by Crippen LogP contribution is -2.27. The zero-order chi connectivity index (χ0) is 26.6. The van der Waals surface area contributed by atoms with E-state index in [1.165, 1.54) is 28.4 Å². The molecule has 0 fully saturated rings. The van der Waals surface area contributed by atoms with Crippen LogP contribution in [0.25, 0.3) is 23.1 Å². The van der Waals surface area contributed by atoms with E-state index in [0.29, 0.717) is 16.8 Å². The Balaban J connectivity index is 1.75. The third-order valence-electron chi connectivity index (χ3n) is 5.25. The van der Waals surface area contributed by atoms with Gasteiger partial charge in [-0.05, 0) is 75.4 Å². The lowest BCUT2D eigenvalue weighted by atomic mass is 10.2. The van der Waals surface area contributed by atoms with Crippen molar-refractivity contribution in [1.82, 2.24) is 19.7 Å². The number of aromatic nitrogens is 3. The lowest BCUT2D eigenvalue weighted by molar-refractivity contribution is 0.0521. The molecule has 0 radical (unpaired) electrons. The summed E-state index contributed by atoms with van der Waals surface area (Å²) in [5.74, 6) is -0.285. The normalized spacial score (nSPS) is 11.7. The molecule has 0 aliphatic rings. The van der Waals surface area contributed by atoms with E-state index < -0.39 is 11.7 Å². The largest absolute Gasteiger partial charge is 0.442 e. The molecule has 2 heterocycles. The van der Waals surface area contributed by atoms with Crippen LogP contribution in [-0.4, -0.2) is 56.2 Å². The van der Waals surface area contributed by atoms with Gasteiger partial charge in [-0.3, -0.25) is 9.78 Å². The second-order valence-electron chi connectivity index (χ2n) is 9.29. The maximum absolute atomic E-state index is 13.0. The number of rotatable bonds is 6. The van der Waals surface area contributed by atoms with E-state index in [1.807, 2.05) is 60.7 Å². The lowest BCUT2D eigenvalue weighted by Gasteiger charge is -2.19. The predicted octanol–water partition coefficient (Wildman–Crippen LogP) is 5.56. The summed E-state index contributed by atoms with van der Waals surface area (Å²) in [7, 11) is 1.54. The first kappa shape index (κ1) is 26.1. The Morgan fingerprint density at radius 3 is 2.54 bits per heavy atom. The molecule has 0 spiro atoms. The van der Waals surface area contributed by atoms with Gasteiger partial charge in [0.05, 0.1) is 22.5 Å². The number of ether oxygens (including phenoxy) is 1. The summed E-state index contributed by atoms with van der Waals surface area (Å²) >= 11 is 1.39. The van der Waals surface area contributed by atoms with Gasteiger partial charge in [0.1, 0.15) is 12.3 Å². The first-order chi connectivity index (χ1) is 17.7. The van der Waals surface area contributed by atoms with E-state index in [9.17, 15) is 14.7 Å². The number of amides is 1. The number of hydrogen-bond acceptors (Lipinski definition) is 7. The molecule has 0 aliphatic carbocycles. The van der Waals surface area contributed by atoms with Gasteiger partial charge in [-0.15, -0.1) is 0 Å². The molecule has 0 saturated carbocycles. The SMILES string of the molecule is CN(CO)C(=O)c1ccccc1Sc1ccc2c(/C=C/c3ccccn3)nn(C(=O)OC(C)(C)C)c2c1. The molecule has 37 heavy (non-hydrogen) atoms. The van der Waals surface area contributed by atoms with E-state index in [-0.39, 0.29) is 12.6 Å². The molecule has 8 nitrogen and oxygen atoms in total. The molecule has 2 aromatic carbocycles. The summed E-state index contributed by atoms with van der Waals surface area (Å²) in [6.45, 7) is 5.03. The topological polar surface area (TPSA) is 97.5 Å². The second-order valence-corrected chi connectivity index (χ2v) is 10.4. The van der Waals surface area contributed by atoms with Gasteiger partial charge < -0.3 is 14.7 Å². The predicted molar refractivity (Wildman–Crippen MR) is 144 cm³/mol. The highest BCUT2D eigenvalue weighted by Gasteiger charge is 2.22. The fraction of sp³-hybridized carbons (Fsp3) is 0.214. The van der Waals surface area contributed by atoms with E-state index in [4.69, 9.17) is 4.74 Å². The third kappa shape index (κ3) is 6.25. The smallest absolute Gasteiger partial charge is 0.435 e.